The third-order valence-electron chi connectivity index (χ3n) is 11.4. The number of rotatable bonds is 3. The van der Waals surface area contributed by atoms with Crippen LogP contribution in [0.25, 0.3) is 0 Å². The normalized spacial score (nSPS) is 45.4. The molecular formula is C30H42N2O2. The predicted molar refractivity (Wildman–Crippen MR) is 137 cm³/mol. The summed E-state index contributed by atoms with van der Waals surface area (Å²) in [4.78, 5) is 25.4. The van der Waals surface area contributed by atoms with E-state index in [1.807, 2.05) is 19.1 Å². The minimum Gasteiger partial charge on any atom is -0.382 e. The van der Waals surface area contributed by atoms with Crippen molar-refractivity contribution in [3.8, 4) is 0 Å². The van der Waals surface area contributed by atoms with Gasteiger partial charge in [0.05, 0.1) is 5.70 Å². The molecule has 5 aliphatic carbocycles. The number of amides is 1. The lowest BCUT2D eigenvalue weighted by molar-refractivity contribution is -0.167. The molecule has 6 atom stereocenters. The lowest BCUT2D eigenvalue weighted by Gasteiger charge is -2.70. The van der Waals surface area contributed by atoms with Crippen LogP contribution in [-0.2, 0) is 9.59 Å². The van der Waals surface area contributed by atoms with Gasteiger partial charge in [-0.05, 0) is 97.3 Å². The number of fused-ring (bicyclic) bond motifs is 7. The molecule has 3 fully saturated rings. The van der Waals surface area contributed by atoms with E-state index < -0.39 is 5.41 Å². The third-order valence-corrected chi connectivity index (χ3v) is 11.4. The summed E-state index contributed by atoms with van der Waals surface area (Å²) in [6.07, 6.45) is 16.0. The Morgan fingerprint density at radius 2 is 1.71 bits per heavy atom. The number of carbonyl (C=O) groups is 2. The maximum Gasteiger partial charge on any atom is 0.223 e. The topological polar surface area (TPSA) is 72.2 Å². The highest BCUT2D eigenvalue weighted by Gasteiger charge is 2.67. The molecule has 34 heavy (non-hydrogen) atoms. The molecule has 0 unspecified atom stereocenters. The van der Waals surface area contributed by atoms with E-state index in [-0.39, 0.29) is 33.4 Å². The van der Waals surface area contributed by atoms with Crippen LogP contribution in [-0.4, -0.2) is 18.2 Å². The van der Waals surface area contributed by atoms with Crippen molar-refractivity contribution < 1.29 is 9.59 Å². The van der Waals surface area contributed by atoms with Gasteiger partial charge in [0.25, 0.3) is 0 Å². The van der Waals surface area contributed by atoms with Crippen molar-refractivity contribution in [2.45, 2.75) is 86.5 Å². The molecule has 3 N–H and O–H groups in total. The van der Waals surface area contributed by atoms with Crippen molar-refractivity contribution in [3.05, 3.63) is 46.7 Å². The largest absolute Gasteiger partial charge is 0.382 e. The van der Waals surface area contributed by atoms with Crippen LogP contribution < -0.4 is 11.1 Å². The van der Waals surface area contributed by atoms with Crippen LogP contribution in [0.4, 0.5) is 0 Å². The first-order valence-electron chi connectivity index (χ1n) is 13.3. The van der Waals surface area contributed by atoms with Crippen LogP contribution in [0.3, 0.4) is 0 Å². The Morgan fingerprint density at radius 3 is 2.38 bits per heavy atom. The Bertz CT molecular complexity index is 1100. The number of likely N-dealkylation sites (N-methyl/N-ethyl adjacent to an activating group) is 1. The molecule has 0 heterocycles. The summed E-state index contributed by atoms with van der Waals surface area (Å²) in [5, 5.41) is 3.23. The van der Waals surface area contributed by atoms with Crippen LogP contribution in [0.2, 0.25) is 0 Å². The molecule has 0 bridgehead atoms. The number of nitrogens with two attached hydrogens (primary N) is 1. The number of primary amides is 1. The fourth-order valence-electron chi connectivity index (χ4n) is 8.77. The zero-order chi connectivity index (χ0) is 24.7. The highest BCUT2D eigenvalue weighted by atomic mass is 16.1. The van der Waals surface area contributed by atoms with Crippen molar-refractivity contribution in [2.75, 3.05) is 6.54 Å². The molecule has 1 amide bonds. The van der Waals surface area contributed by atoms with Gasteiger partial charge in [0.2, 0.25) is 11.7 Å². The second-order valence-corrected chi connectivity index (χ2v) is 13.1. The van der Waals surface area contributed by atoms with Crippen molar-refractivity contribution in [3.63, 3.8) is 0 Å². The van der Waals surface area contributed by atoms with E-state index in [9.17, 15) is 9.59 Å². The van der Waals surface area contributed by atoms with Gasteiger partial charge < -0.3 is 11.1 Å². The van der Waals surface area contributed by atoms with E-state index in [1.54, 1.807) is 0 Å². The molecule has 4 nitrogen and oxygen atoms in total. The molecular weight excluding hydrogens is 420 g/mol. The predicted octanol–water partition coefficient (Wildman–Crippen LogP) is 5.76. The van der Waals surface area contributed by atoms with Gasteiger partial charge >= 0.3 is 0 Å². The smallest absolute Gasteiger partial charge is 0.223 e. The van der Waals surface area contributed by atoms with E-state index in [2.05, 4.69) is 52.1 Å². The summed E-state index contributed by atoms with van der Waals surface area (Å²) < 4.78 is 0. The molecule has 184 valence electrons. The second kappa shape index (κ2) is 7.21. The van der Waals surface area contributed by atoms with Gasteiger partial charge in [-0.2, -0.15) is 0 Å². The number of carbonyl (C=O) groups excluding carboxylic acids is 2. The van der Waals surface area contributed by atoms with Gasteiger partial charge in [0.15, 0.2) is 0 Å². The van der Waals surface area contributed by atoms with Crippen LogP contribution in [0, 0.1) is 33.0 Å². The van der Waals surface area contributed by atoms with Crippen LogP contribution >= 0.6 is 0 Å². The average Bonchev–Trinajstić information content (AvgIpc) is 2.78. The number of hydrogen-bond acceptors (Lipinski definition) is 3. The Balaban J connectivity index is 1.60. The first-order valence-corrected chi connectivity index (χ1v) is 13.3. The van der Waals surface area contributed by atoms with Crippen LogP contribution in [0.15, 0.2) is 46.7 Å². The van der Waals surface area contributed by atoms with Crippen molar-refractivity contribution in [1.82, 2.24) is 5.32 Å². The number of hydrogen-bond donors (Lipinski definition) is 2. The highest BCUT2D eigenvalue weighted by Crippen LogP contribution is 2.75. The molecule has 0 saturated heterocycles. The zero-order valence-corrected chi connectivity index (χ0v) is 21.9. The molecule has 5 aliphatic rings. The van der Waals surface area contributed by atoms with Crippen molar-refractivity contribution >= 4 is 11.7 Å². The lowest BCUT2D eigenvalue weighted by atomic mass is 9.34. The molecule has 5 rings (SSSR count). The van der Waals surface area contributed by atoms with Gasteiger partial charge in [0.1, 0.15) is 0 Å². The summed E-state index contributed by atoms with van der Waals surface area (Å²) >= 11 is 0. The van der Waals surface area contributed by atoms with E-state index in [1.165, 1.54) is 23.1 Å². The maximum atomic E-state index is 12.9. The van der Waals surface area contributed by atoms with Gasteiger partial charge in [0, 0.05) is 17.4 Å². The Kier molecular flexibility index (Phi) is 5.01. The van der Waals surface area contributed by atoms with Gasteiger partial charge in [-0.25, -0.2) is 0 Å². The van der Waals surface area contributed by atoms with Gasteiger partial charge in [-0.3, -0.25) is 9.59 Å². The Hall–Kier alpha value is -2.10. The summed E-state index contributed by atoms with van der Waals surface area (Å²) in [7, 11) is 0. The SMILES string of the molecule is CCNC1=CC2=CC=C3[C@@](C)(CC[C@@]4(C)[C@@H]5C[C@](C)(C(N)=O)CC[C@]5(C)CC[C@]34C)C2=CC1=O. The first kappa shape index (κ1) is 23.6. The summed E-state index contributed by atoms with van der Waals surface area (Å²) in [5.74, 6) is 0.420. The fourth-order valence-corrected chi connectivity index (χ4v) is 8.77. The quantitative estimate of drug-likeness (QED) is 0.560. The molecule has 0 aromatic carbocycles. The van der Waals surface area contributed by atoms with E-state index >= 15 is 0 Å². The number of nitrogens with one attached hydrogen (secondary N) is 1. The van der Waals surface area contributed by atoms with Gasteiger partial charge in [-0.15, -0.1) is 0 Å². The van der Waals surface area contributed by atoms with Crippen LogP contribution in [0.5, 0.6) is 0 Å². The van der Waals surface area contributed by atoms with E-state index in [0.29, 0.717) is 11.6 Å². The first-order chi connectivity index (χ1) is 15.8. The third kappa shape index (κ3) is 2.89. The summed E-state index contributed by atoms with van der Waals surface area (Å²) in [5.41, 5.74) is 10.4. The molecule has 0 aliphatic heterocycles. The molecule has 0 aromatic rings. The molecule has 4 heteroatoms. The maximum absolute atomic E-state index is 12.9. The second-order valence-electron chi connectivity index (χ2n) is 13.1. The average molecular weight is 463 g/mol. The van der Waals surface area contributed by atoms with Gasteiger partial charge in [-0.1, -0.05) is 52.3 Å². The highest BCUT2D eigenvalue weighted by molar-refractivity contribution is 6.07. The minimum atomic E-state index is -0.411. The van der Waals surface area contributed by atoms with Crippen molar-refractivity contribution in [2.24, 2.45) is 38.7 Å². The molecule has 0 aromatic heterocycles. The summed E-state index contributed by atoms with van der Waals surface area (Å²) in [6, 6.07) is 0. The summed E-state index contributed by atoms with van der Waals surface area (Å²) in [6.45, 7) is 14.7. The monoisotopic (exact) mass is 462 g/mol. The van der Waals surface area contributed by atoms with Crippen LogP contribution in [0.1, 0.15) is 86.5 Å². The lowest BCUT2D eigenvalue weighted by Crippen LogP contribution is -2.62. The molecule has 3 saturated carbocycles. The number of allylic oxidation sites excluding steroid dienone is 7. The zero-order valence-electron chi connectivity index (χ0n) is 21.9. The van der Waals surface area contributed by atoms with E-state index in [0.717, 1.165) is 45.1 Å². The minimum absolute atomic E-state index is 0.0254. The molecule has 0 radical (unpaired) electrons. The fraction of sp³-hybridized carbons (Fsp3) is 0.667. The molecule has 0 spiro atoms. The van der Waals surface area contributed by atoms with E-state index in [4.69, 9.17) is 5.73 Å². The Labute approximate surface area is 205 Å². The number of ketones is 1. The Morgan fingerprint density at radius 1 is 1.00 bits per heavy atom. The van der Waals surface area contributed by atoms with Crippen molar-refractivity contribution in [1.29, 1.82) is 0 Å². The standard InChI is InChI=1S/C30H42N2O2/c1-7-32-21-16-19-8-9-23-28(4,20(19)17-22(21)33)13-15-30(6)24-18-27(3,25(31)34)11-10-26(24,2)12-14-29(23,30)5/h8-9,16-17,24,32H,7,10-15,18H2,1-6H3,(H2,31,34)/t24-,26-,27-,28+,29-,30+/m1/s1.